The maximum Gasteiger partial charge on any atom is 0.125 e. The zero-order chi connectivity index (χ0) is 11.0. The van der Waals surface area contributed by atoms with Gasteiger partial charge >= 0.3 is 0 Å². The number of oxime groups is 1. The van der Waals surface area contributed by atoms with Gasteiger partial charge in [-0.3, -0.25) is 9.97 Å². The molecule has 16 heavy (non-hydrogen) atoms. The Morgan fingerprint density at radius 1 is 1.31 bits per heavy atom. The molecule has 2 aliphatic heterocycles. The van der Waals surface area contributed by atoms with Crippen LogP contribution in [0.4, 0.5) is 0 Å². The summed E-state index contributed by atoms with van der Waals surface area (Å²) in [5.74, 6) is 0.391. The summed E-state index contributed by atoms with van der Waals surface area (Å²) in [5, 5.41) is 3.96. The summed E-state index contributed by atoms with van der Waals surface area (Å²) in [4.78, 5) is 13.7. The Labute approximate surface area is 93.5 Å². The predicted molar refractivity (Wildman–Crippen MR) is 57.0 cm³/mol. The molecule has 0 spiro atoms. The maximum atomic E-state index is 5.70. The van der Waals surface area contributed by atoms with Crippen molar-refractivity contribution in [3.8, 4) is 0 Å². The van der Waals surface area contributed by atoms with Crippen molar-refractivity contribution in [1.29, 1.82) is 0 Å². The number of nitrogens with zero attached hydrogens (tertiary/aromatic N) is 3. The van der Waals surface area contributed by atoms with Crippen LogP contribution in [-0.4, -0.2) is 28.9 Å². The highest BCUT2D eigenvalue weighted by atomic mass is 16.6. The number of fused-ring (bicyclic) bond motifs is 1. The van der Waals surface area contributed by atoms with Crippen molar-refractivity contribution in [3.05, 3.63) is 23.8 Å². The van der Waals surface area contributed by atoms with E-state index in [1.807, 2.05) is 6.92 Å². The Hall–Kier alpha value is -1.49. The standard InChI is InChI=1S/C11H13N3O2/c1-7-3-13-9(4-12-7)11-2-8-5-16-14-10(8)6-15-11/h3-4,8,11H,2,5-6H2,1H3/t8-,11+/m0/s1. The van der Waals surface area contributed by atoms with Crippen LogP contribution in [0.15, 0.2) is 17.5 Å². The molecule has 3 heterocycles. The van der Waals surface area contributed by atoms with Gasteiger partial charge < -0.3 is 9.57 Å². The van der Waals surface area contributed by atoms with Crippen LogP contribution >= 0.6 is 0 Å². The van der Waals surface area contributed by atoms with Gasteiger partial charge in [-0.2, -0.15) is 0 Å². The molecule has 1 fully saturated rings. The molecule has 1 saturated heterocycles. The minimum Gasteiger partial charge on any atom is -0.395 e. The topological polar surface area (TPSA) is 56.6 Å². The molecule has 0 radical (unpaired) electrons. The summed E-state index contributed by atoms with van der Waals surface area (Å²) in [6.07, 6.45) is 4.47. The van der Waals surface area contributed by atoms with E-state index in [0.717, 1.165) is 23.5 Å². The maximum absolute atomic E-state index is 5.70. The smallest absolute Gasteiger partial charge is 0.125 e. The molecular weight excluding hydrogens is 206 g/mol. The molecule has 0 aliphatic carbocycles. The third-order valence-electron chi connectivity index (χ3n) is 2.99. The third kappa shape index (κ3) is 1.67. The third-order valence-corrected chi connectivity index (χ3v) is 2.99. The van der Waals surface area contributed by atoms with Gasteiger partial charge in [0.25, 0.3) is 0 Å². The summed E-state index contributed by atoms with van der Waals surface area (Å²) < 4.78 is 5.70. The van der Waals surface area contributed by atoms with Gasteiger partial charge in [-0.15, -0.1) is 0 Å². The Morgan fingerprint density at radius 2 is 2.25 bits per heavy atom. The second-order valence-corrected chi connectivity index (χ2v) is 4.19. The van der Waals surface area contributed by atoms with Crippen molar-refractivity contribution in [3.63, 3.8) is 0 Å². The van der Waals surface area contributed by atoms with Crippen molar-refractivity contribution in [2.45, 2.75) is 19.4 Å². The molecule has 5 nitrogen and oxygen atoms in total. The molecule has 3 rings (SSSR count). The minimum atomic E-state index is 0.0266. The lowest BCUT2D eigenvalue weighted by molar-refractivity contribution is 0.0405. The summed E-state index contributed by atoms with van der Waals surface area (Å²) in [5.41, 5.74) is 2.85. The quantitative estimate of drug-likeness (QED) is 0.713. The lowest BCUT2D eigenvalue weighted by Crippen LogP contribution is -2.29. The second kappa shape index (κ2) is 3.83. The fourth-order valence-corrected chi connectivity index (χ4v) is 2.02. The van der Waals surface area contributed by atoms with E-state index in [2.05, 4.69) is 15.1 Å². The fraction of sp³-hybridized carbons (Fsp3) is 0.545. The van der Waals surface area contributed by atoms with Gasteiger partial charge in [-0.25, -0.2) is 0 Å². The number of hydrogen-bond acceptors (Lipinski definition) is 5. The van der Waals surface area contributed by atoms with E-state index in [9.17, 15) is 0 Å². The highest BCUT2D eigenvalue weighted by Crippen LogP contribution is 2.31. The van der Waals surface area contributed by atoms with Crippen molar-refractivity contribution >= 4 is 5.71 Å². The van der Waals surface area contributed by atoms with Crippen LogP contribution in [0.25, 0.3) is 0 Å². The van der Waals surface area contributed by atoms with Gasteiger partial charge in [0.1, 0.15) is 12.7 Å². The van der Waals surface area contributed by atoms with E-state index in [-0.39, 0.29) is 6.10 Å². The number of ether oxygens (including phenoxy) is 1. The first kappa shape index (κ1) is 9.72. The Balaban J connectivity index is 1.77. The molecule has 0 saturated carbocycles. The molecule has 0 N–H and O–H groups in total. The monoisotopic (exact) mass is 219 g/mol. The number of hydrogen-bond donors (Lipinski definition) is 0. The first-order chi connectivity index (χ1) is 7.83. The van der Waals surface area contributed by atoms with E-state index < -0.39 is 0 Å². The van der Waals surface area contributed by atoms with E-state index in [4.69, 9.17) is 9.57 Å². The lowest BCUT2D eigenvalue weighted by Gasteiger charge is -2.25. The SMILES string of the molecule is Cc1cnc([C@H]2C[C@H]3CON=C3CO2)cn1. The first-order valence-electron chi connectivity index (χ1n) is 5.42. The summed E-state index contributed by atoms with van der Waals surface area (Å²) in [6.45, 7) is 3.15. The molecular formula is C11H13N3O2. The number of aryl methyl sites for hydroxylation is 1. The van der Waals surface area contributed by atoms with Crippen LogP contribution in [0.1, 0.15) is 23.9 Å². The summed E-state index contributed by atoms with van der Waals surface area (Å²) in [6, 6.07) is 0. The van der Waals surface area contributed by atoms with Crippen molar-refractivity contribution in [2.75, 3.05) is 13.2 Å². The molecule has 1 aromatic heterocycles. The zero-order valence-electron chi connectivity index (χ0n) is 9.09. The van der Waals surface area contributed by atoms with Crippen LogP contribution in [0, 0.1) is 12.8 Å². The summed E-state index contributed by atoms with van der Waals surface area (Å²) >= 11 is 0. The Bertz CT molecular complexity index is 416. The van der Waals surface area contributed by atoms with E-state index in [1.54, 1.807) is 12.4 Å². The van der Waals surface area contributed by atoms with Crippen LogP contribution in [0.2, 0.25) is 0 Å². The zero-order valence-corrected chi connectivity index (χ0v) is 9.09. The van der Waals surface area contributed by atoms with E-state index >= 15 is 0 Å². The molecule has 5 heteroatoms. The van der Waals surface area contributed by atoms with Gasteiger partial charge in [0.15, 0.2) is 0 Å². The molecule has 84 valence electrons. The molecule has 0 amide bonds. The molecule has 2 atom stereocenters. The van der Waals surface area contributed by atoms with Crippen LogP contribution < -0.4 is 0 Å². The average Bonchev–Trinajstić information content (AvgIpc) is 2.77. The fourth-order valence-electron chi connectivity index (χ4n) is 2.02. The van der Waals surface area contributed by atoms with Crippen molar-refractivity contribution in [2.24, 2.45) is 11.1 Å². The Kier molecular flexibility index (Phi) is 2.32. The Morgan fingerprint density at radius 3 is 3.06 bits per heavy atom. The van der Waals surface area contributed by atoms with Crippen molar-refractivity contribution in [1.82, 2.24) is 9.97 Å². The first-order valence-corrected chi connectivity index (χ1v) is 5.42. The summed E-state index contributed by atoms with van der Waals surface area (Å²) in [7, 11) is 0. The lowest BCUT2D eigenvalue weighted by atomic mass is 9.94. The van der Waals surface area contributed by atoms with Gasteiger partial charge in [0.05, 0.1) is 29.9 Å². The van der Waals surface area contributed by atoms with Crippen LogP contribution in [-0.2, 0) is 9.57 Å². The van der Waals surface area contributed by atoms with E-state index in [1.165, 1.54) is 0 Å². The van der Waals surface area contributed by atoms with E-state index in [0.29, 0.717) is 19.1 Å². The molecule has 0 bridgehead atoms. The van der Waals surface area contributed by atoms with Crippen LogP contribution in [0.3, 0.4) is 0 Å². The molecule has 1 aromatic rings. The van der Waals surface area contributed by atoms with Gasteiger partial charge in [-0.1, -0.05) is 5.16 Å². The van der Waals surface area contributed by atoms with Gasteiger partial charge in [0.2, 0.25) is 0 Å². The van der Waals surface area contributed by atoms with Crippen LogP contribution in [0.5, 0.6) is 0 Å². The molecule has 0 aromatic carbocycles. The normalized spacial score (nSPS) is 28.2. The second-order valence-electron chi connectivity index (χ2n) is 4.19. The predicted octanol–water partition coefficient (Wildman–Crippen LogP) is 1.25. The molecule has 0 unspecified atom stereocenters. The van der Waals surface area contributed by atoms with Gasteiger partial charge in [0, 0.05) is 12.1 Å². The molecule has 2 aliphatic rings. The average molecular weight is 219 g/mol. The highest BCUT2D eigenvalue weighted by Gasteiger charge is 2.33. The minimum absolute atomic E-state index is 0.0266. The number of aromatic nitrogens is 2. The highest BCUT2D eigenvalue weighted by molar-refractivity contribution is 5.89. The van der Waals surface area contributed by atoms with Crippen molar-refractivity contribution < 1.29 is 9.57 Å². The van der Waals surface area contributed by atoms with Gasteiger partial charge in [-0.05, 0) is 13.3 Å². The largest absolute Gasteiger partial charge is 0.395 e. The number of rotatable bonds is 1.